The molecule has 0 aliphatic heterocycles. The van der Waals surface area contributed by atoms with Crippen molar-refractivity contribution in [2.45, 2.75) is 6.92 Å². The van der Waals surface area contributed by atoms with E-state index in [4.69, 9.17) is 11.1 Å². The van der Waals surface area contributed by atoms with Crippen molar-refractivity contribution in [1.82, 2.24) is 9.97 Å². The topological polar surface area (TPSA) is 99.7 Å². The average Bonchev–Trinajstić information content (AvgIpc) is 2.38. The van der Waals surface area contributed by atoms with Gasteiger partial charge in [-0.25, -0.2) is 10.8 Å². The van der Waals surface area contributed by atoms with E-state index in [-0.39, 0.29) is 11.6 Å². The number of nitrogen functional groups attached to an aromatic ring is 1. The summed E-state index contributed by atoms with van der Waals surface area (Å²) in [7, 11) is 0. The van der Waals surface area contributed by atoms with Crippen LogP contribution in [0.5, 0.6) is 0 Å². The second-order valence-corrected chi connectivity index (χ2v) is 3.71. The minimum Gasteiger partial charge on any atom is -0.340 e. The van der Waals surface area contributed by atoms with Crippen molar-refractivity contribution in [2.75, 3.05) is 10.7 Å². The minimum atomic E-state index is 0.198. The Morgan fingerprint density at radius 3 is 2.78 bits per heavy atom. The van der Waals surface area contributed by atoms with Gasteiger partial charge in [0.25, 0.3) is 0 Å². The van der Waals surface area contributed by atoms with Gasteiger partial charge in [0.15, 0.2) is 0 Å². The fourth-order valence-corrected chi connectivity index (χ4v) is 1.50. The Kier molecular flexibility index (Phi) is 3.36. The number of hydrogen-bond donors (Lipinski definition) is 3. The molecule has 0 spiro atoms. The van der Waals surface area contributed by atoms with Crippen LogP contribution in [0.4, 0.5) is 17.5 Å². The van der Waals surface area contributed by atoms with Crippen LogP contribution in [0.1, 0.15) is 11.3 Å². The van der Waals surface area contributed by atoms with Crippen LogP contribution in [0.3, 0.4) is 0 Å². The van der Waals surface area contributed by atoms with Gasteiger partial charge in [0.2, 0.25) is 5.95 Å². The summed E-state index contributed by atoms with van der Waals surface area (Å²) in [5.74, 6) is 5.96. The first kappa shape index (κ1) is 11.8. The Morgan fingerprint density at radius 1 is 1.28 bits per heavy atom. The Morgan fingerprint density at radius 2 is 2.11 bits per heavy atom. The molecule has 1 heterocycles. The van der Waals surface area contributed by atoms with Gasteiger partial charge in [0.05, 0.1) is 0 Å². The van der Waals surface area contributed by atoms with Crippen molar-refractivity contribution in [2.24, 2.45) is 5.84 Å². The minimum absolute atomic E-state index is 0.198. The molecule has 90 valence electrons. The highest BCUT2D eigenvalue weighted by molar-refractivity contribution is 5.59. The molecule has 0 fully saturated rings. The molecule has 0 aliphatic rings. The third-order valence-corrected chi connectivity index (χ3v) is 2.26. The first-order valence-corrected chi connectivity index (χ1v) is 5.31. The smallest absolute Gasteiger partial charge is 0.240 e. The highest BCUT2D eigenvalue weighted by atomic mass is 15.3. The number of aromatic nitrogens is 2. The lowest BCUT2D eigenvalue weighted by atomic mass is 10.2. The molecule has 2 aromatic rings. The molecule has 1 aromatic carbocycles. The first-order chi connectivity index (χ1) is 8.71. The number of hydrazine groups is 1. The zero-order chi connectivity index (χ0) is 13.0. The number of hydrogen-bond acceptors (Lipinski definition) is 6. The van der Waals surface area contributed by atoms with Crippen molar-refractivity contribution in [3.05, 3.63) is 41.6 Å². The van der Waals surface area contributed by atoms with Gasteiger partial charge in [0.1, 0.15) is 17.6 Å². The van der Waals surface area contributed by atoms with Crippen LogP contribution in [-0.4, -0.2) is 9.97 Å². The van der Waals surface area contributed by atoms with E-state index in [2.05, 4.69) is 20.7 Å². The maximum absolute atomic E-state index is 8.86. The quantitative estimate of drug-likeness (QED) is 0.557. The van der Waals surface area contributed by atoms with Gasteiger partial charge < -0.3 is 5.32 Å². The summed E-state index contributed by atoms with van der Waals surface area (Å²) < 4.78 is 0. The van der Waals surface area contributed by atoms with Crippen molar-refractivity contribution >= 4 is 17.5 Å². The molecule has 0 unspecified atom stereocenters. The Bertz CT molecular complexity index is 602. The van der Waals surface area contributed by atoms with E-state index >= 15 is 0 Å². The van der Waals surface area contributed by atoms with Crippen molar-refractivity contribution in [3.63, 3.8) is 0 Å². The van der Waals surface area contributed by atoms with Gasteiger partial charge in [-0.1, -0.05) is 12.1 Å². The number of benzene rings is 1. The second-order valence-electron chi connectivity index (χ2n) is 3.71. The molecule has 4 N–H and O–H groups in total. The maximum Gasteiger partial charge on any atom is 0.240 e. The zero-order valence-corrected chi connectivity index (χ0v) is 9.81. The molecule has 0 saturated heterocycles. The van der Waals surface area contributed by atoms with Crippen LogP contribution < -0.4 is 16.6 Å². The normalized spacial score (nSPS) is 9.61. The number of nitrogens with zero attached hydrogens (tertiary/aromatic N) is 3. The lowest BCUT2D eigenvalue weighted by molar-refractivity contribution is 1.10. The highest BCUT2D eigenvalue weighted by Crippen LogP contribution is 2.17. The Balaban J connectivity index is 2.31. The average molecular weight is 240 g/mol. The lowest BCUT2D eigenvalue weighted by Crippen LogP contribution is -2.12. The van der Waals surface area contributed by atoms with E-state index in [0.29, 0.717) is 5.82 Å². The molecule has 18 heavy (non-hydrogen) atoms. The van der Waals surface area contributed by atoms with Crippen LogP contribution in [0.25, 0.3) is 0 Å². The van der Waals surface area contributed by atoms with Gasteiger partial charge in [-0.15, -0.1) is 0 Å². The molecule has 0 aliphatic carbocycles. The van der Waals surface area contributed by atoms with E-state index in [1.807, 2.05) is 37.3 Å². The van der Waals surface area contributed by atoms with Gasteiger partial charge >= 0.3 is 0 Å². The summed E-state index contributed by atoms with van der Waals surface area (Å²) >= 11 is 0. The summed E-state index contributed by atoms with van der Waals surface area (Å²) in [6.07, 6.45) is 0. The standard InChI is InChI=1S/C12H12N6/c1-8-3-2-4-9(5-8)15-11-6-10(7-13)16-12(17-11)18-14/h2-6H,14H2,1H3,(H2,15,16,17,18). The zero-order valence-electron chi connectivity index (χ0n) is 9.81. The molecule has 0 atom stereocenters. The fourth-order valence-electron chi connectivity index (χ4n) is 1.50. The predicted molar refractivity (Wildman–Crippen MR) is 69.0 cm³/mol. The second kappa shape index (κ2) is 5.12. The molecule has 6 nitrogen and oxygen atoms in total. The molecule has 0 radical (unpaired) electrons. The summed E-state index contributed by atoms with van der Waals surface area (Å²) in [5.41, 5.74) is 4.59. The SMILES string of the molecule is Cc1cccc(Nc2cc(C#N)nc(NN)n2)c1. The van der Waals surface area contributed by atoms with Gasteiger partial charge in [-0.3, -0.25) is 5.43 Å². The van der Waals surface area contributed by atoms with E-state index in [1.54, 1.807) is 6.07 Å². The third kappa shape index (κ3) is 2.72. The third-order valence-electron chi connectivity index (χ3n) is 2.26. The summed E-state index contributed by atoms with van der Waals surface area (Å²) in [6.45, 7) is 2.00. The maximum atomic E-state index is 8.86. The number of anilines is 3. The van der Waals surface area contributed by atoms with Crippen LogP contribution in [-0.2, 0) is 0 Å². The number of nitrogens with two attached hydrogens (primary N) is 1. The number of nitriles is 1. The van der Waals surface area contributed by atoms with E-state index in [1.165, 1.54) is 0 Å². The molecule has 0 amide bonds. The molecule has 2 rings (SSSR count). The molecular formula is C12H12N6. The highest BCUT2D eigenvalue weighted by Gasteiger charge is 2.03. The van der Waals surface area contributed by atoms with Crippen LogP contribution >= 0.6 is 0 Å². The number of rotatable bonds is 3. The van der Waals surface area contributed by atoms with Crippen LogP contribution in [0.2, 0.25) is 0 Å². The largest absolute Gasteiger partial charge is 0.340 e. The summed E-state index contributed by atoms with van der Waals surface area (Å²) in [6, 6.07) is 11.3. The Hall–Kier alpha value is -2.65. The molecule has 0 bridgehead atoms. The monoisotopic (exact) mass is 240 g/mol. The van der Waals surface area contributed by atoms with Crippen molar-refractivity contribution < 1.29 is 0 Å². The van der Waals surface area contributed by atoms with E-state index in [0.717, 1.165) is 11.3 Å². The van der Waals surface area contributed by atoms with Crippen molar-refractivity contribution in [1.29, 1.82) is 5.26 Å². The van der Waals surface area contributed by atoms with Gasteiger partial charge in [-0.2, -0.15) is 10.2 Å². The predicted octanol–water partition coefficient (Wildman–Crippen LogP) is 1.69. The van der Waals surface area contributed by atoms with Crippen molar-refractivity contribution in [3.8, 4) is 6.07 Å². The van der Waals surface area contributed by atoms with E-state index < -0.39 is 0 Å². The van der Waals surface area contributed by atoms with Gasteiger partial charge in [0, 0.05) is 11.8 Å². The van der Waals surface area contributed by atoms with E-state index in [9.17, 15) is 0 Å². The molecule has 0 saturated carbocycles. The van der Waals surface area contributed by atoms with Gasteiger partial charge in [-0.05, 0) is 24.6 Å². The first-order valence-electron chi connectivity index (χ1n) is 5.31. The Labute approximate surface area is 104 Å². The lowest BCUT2D eigenvalue weighted by Gasteiger charge is -2.07. The number of nitrogens with one attached hydrogen (secondary N) is 2. The van der Waals surface area contributed by atoms with Crippen LogP contribution in [0, 0.1) is 18.3 Å². The summed E-state index contributed by atoms with van der Waals surface area (Å²) in [4.78, 5) is 8.00. The number of aryl methyl sites for hydroxylation is 1. The van der Waals surface area contributed by atoms with Crippen LogP contribution in [0.15, 0.2) is 30.3 Å². The molecule has 1 aromatic heterocycles. The summed E-state index contributed by atoms with van der Waals surface area (Å²) in [5, 5.41) is 12.0. The molecular weight excluding hydrogens is 228 g/mol. The fraction of sp³-hybridized carbons (Fsp3) is 0.0833. The molecule has 6 heteroatoms.